The van der Waals surface area contributed by atoms with Crippen LogP contribution in [0.2, 0.25) is 0 Å². The Morgan fingerprint density at radius 3 is 2.29 bits per heavy atom. The van der Waals surface area contributed by atoms with Gasteiger partial charge in [0, 0.05) is 47.0 Å². The van der Waals surface area contributed by atoms with E-state index in [1.165, 1.54) is 16.9 Å². The first-order chi connectivity index (χ1) is 15.1. The van der Waals surface area contributed by atoms with Crippen molar-refractivity contribution in [2.45, 2.75) is 47.0 Å². The van der Waals surface area contributed by atoms with Gasteiger partial charge < -0.3 is 14.6 Å². The van der Waals surface area contributed by atoms with E-state index in [4.69, 9.17) is 9.73 Å². The number of hydrogen-bond acceptors (Lipinski definition) is 3. The molecule has 0 unspecified atom stereocenters. The lowest BCUT2D eigenvalue weighted by Crippen LogP contribution is -2.24. The number of aromatic nitrogens is 1. The highest BCUT2D eigenvalue weighted by atomic mass is 16.5. The van der Waals surface area contributed by atoms with E-state index in [0.717, 1.165) is 60.8 Å². The Hall–Kier alpha value is -3.01. The van der Waals surface area contributed by atoms with Gasteiger partial charge in [-0.15, -0.1) is 0 Å². The maximum Gasteiger partial charge on any atom is 0.119 e. The number of ether oxygens (including phenoxy) is 1. The number of rotatable bonds is 10. The molecule has 0 amide bonds. The molecule has 0 bridgehead atoms. The van der Waals surface area contributed by atoms with E-state index < -0.39 is 0 Å². The molecule has 4 nitrogen and oxygen atoms in total. The van der Waals surface area contributed by atoms with Crippen LogP contribution in [0.5, 0.6) is 5.75 Å². The number of aliphatic imine (C=N–C) groups is 1. The van der Waals surface area contributed by atoms with Crippen LogP contribution in [0.1, 0.15) is 51.8 Å². The second-order valence-corrected chi connectivity index (χ2v) is 7.86. The lowest BCUT2D eigenvalue weighted by Gasteiger charge is -2.23. The number of H-pyrrole nitrogens is 1. The number of benzene rings is 2. The molecule has 164 valence electrons. The molecular formula is C27H35N3O. The van der Waals surface area contributed by atoms with E-state index in [1.807, 2.05) is 12.1 Å². The van der Waals surface area contributed by atoms with Crippen molar-refractivity contribution in [1.29, 1.82) is 0 Å². The minimum atomic E-state index is 0.859. The molecule has 0 atom stereocenters. The normalized spacial score (nSPS) is 11.6. The zero-order valence-electron chi connectivity index (χ0n) is 19.5. The molecule has 0 spiro atoms. The van der Waals surface area contributed by atoms with Crippen molar-refractivity contribution in [1.82, 2.24) is 4.98 Å². The van der Waals surface area contributed by atoms with Gasteiger partial charge in [0.25, 0.3) is 0 Å². The van der Waals surface area contributed by atoms with Crippen LogP contribution >= 0.6 is 0 Å². The number of aromatic amines is 1. The lowest BCUT2D eigenvalue weighted by atomic mass is 10.1. The summed E-state index contributed by atoms with van der Waals surface area (Å²) in [5.41, 5.74) is 7.86. The predicted octanol–water partition coefficient (Wildman–Crippen LogP) is 7.02. The fraction of sp³-hybridized carbons (Fsp3) is 0.370. The van der Waals surface area contributed by atoms with E-state index in [9.17, 15) is 0 Å². The standard InChI is InChI=1S/C27H35N3O/c1-6-16-30(17-7-2)23-14-12-22(13-15-23)28-20(4)25-19-27(29-26(25)8-3)21-10-9-11-24(18-21)31-5/h9-15,18-19,29H,6-8,16-17H2,1-5H3. The van der Waals surface area contributed by atoms with E-state index in [-0.39, 0.29) is 0 Å². The molecule has 0 saturated carbocycles. The third kappa shape index (κ3) is 5.57. The molecule has 0 aliphatic heterocycles. The van der Waals surface area contributed by atoms with E-state index in [2.05, 4.69) is 80.0 Å². The minimum absolute atomic E-state index is 0.859. The molecule has 1 heterocycles. The third-order valence-corrected chi connectivity index (χ3v) is 5.52. The van der Waals surface area contributed by atoms with Gasteiger partial charge in [0.15, 0.2) is 0 Å². The summed E-state index contributed by atoms with van der Waals surface area (Å²) in [5.74, 6) is 0.859. The van der Waals surface area contributed by atoms with Crippen molar-refractivity contribution >= 4 is 17.1 Å². The average Bonchev–Trinajstić information content (AvgIpc) is 3.24. The molecule has 0 fully saturated rings. The molecule has 1 N–H and O–H groups in total. The number of hydrogen-bond donors (Lipinski definition) is 1. The molecule has 0 aliphatic carbocycles. The van der Waals surface area contributed by atoms with Crippen molar-refractivity contribution in [3.63, 3.8) is 0 Å². The Morgan fingerprint density at radius 2 is 1.68 bits per heavy atom. The summed E-state index contributed by atoms with van der Waals surface area (Å²) in [6.07, 6.45) is 3.23. The summed E-state index contributed by atoms with van der Waals surface area (Å²) in [6.45, 7) is 10.9. The second kappa shape index (κ2) is 10.9. The highest BCUT2D eigenvalue weighted by molar-refractivity contribution is 6.02. The minimum Gasteiger partial charge on any atom is -0.497 e. The Bertz CT molecular complexity index is 996. The largest absolute Gasteiger partial charge is 0.497 e. The quantitative estimate of drug-likeness (QED) is 0.360. The van der Waals surface area contributed by atoms with Crippen LogP contribution in [0.3, 0.4) is 0 Å². The summed E-state index contributed by atoms with van der Waals surface area (Å²) >= 11 is 0. The summed E-state index contributed by atoms with van der Waals surface area (Å²) in [4.78, 5) is 10.9. The van der Waals surface area contributed by atoms with E-state index in [0.29, 0.717) is 0 Å². The van der Waals surface area contributed by atoms with Crippen molar-refractivity contribution in [3.05, 3.63) is 65.9 Å². The van der Waals surface area contributed by atoms with Crippen LogP contribution in [0.15, 0.2) is 59.6 Å². The van der Waals surface area contributed by atoms with Gasteiger partial charge in [-0.2, -0.15) is 0 Å². The van der Waals surface area contributed by atoms with Gasteiger partial charge >= 0.3 is 0 Å². The molecule has 0 saturated heterocycles. The van der Waals surface area contributed by atoms with Crippen molar-refractivity contribution in [3.8, 4) is 17.0 Å². The number of nitrogens with one attached hydrogen (secondary N) is 1. The second-order valence-electron chi connectivity index (χ2n) is 7.86. The molecule has 0 aliphatic rings. The first-order valence-corrected chi connectivity index (χ1v) is 11.4. The zero-order valence-corrected chi connectivity index (χ0v) is 19.5. The van der Waals surface area contributed by atoms with Gasteiger partial charge in [-0.05, 0) is 68.7 Å². The van der Waals surface area contributed by atoms with Crippen LogP contribution in [0, 0.1) is 0 Å². The molecule has 3 rings (SSSR count). The summed E-state index contributed by atoms with van der Waals surface area (Å²) < 4.78 is 5.38. The fourth-order valence-corrected chi connectivity index (χ4v) is 3.95. The van der Waals surface area contributed by atoms with Crippen molar-refractivity contribution in [2.24, 2.45) is 4.99 Å². The monoisotopic (exact) mass is 417 g/mol. The average molecular weight is 418 g/mol. The lowest BCUT2D eigenvalue weighted by molar-refractivity contribution is 0.415. The van der Waals surface area contributed by atoms with Gasteiger partial charge in [-0.1, -0.05) is 32.9 Å². The number of nitrogens with zero attached hydrogens (tertiary/aromatic N) is 2. The molecule has 3 aromatic rings. The first-order valence-electron chi connectivity index (χ1n) is 11.4. The molecule has 4 heteroatoms. The van der Waals surface area contributed by atoms with E-state index >= 15 is 0 Å². The van der Waals surface area contributed by atoms with Crippen LogP contribution < -0.4 is 9.64 Å². The topological polar surface area (TPSA) is 40.6 Å². The molecule has 1 aromatic heterocycles. The van der Waals surface area contributed by atoms with Gasteiger partial charge in [0.2, 0.25) is 0 Å². The van der Waals surface area contributed by atoms with Gasteiger partial charge in [-0.25, -0.2) is 0 Å². The molecular weight excluding hydrogens is 382 g/mol. The Balaban J connectivity index is 1.86. The van der Waals surface area contributed by atoms with E-state index in [1.54, 1.807) is 7.11 Å². The predicted molar refractivity (Wildman–Crippen MR) is 133 cm³/mol. The maximum absolute atomic E-state index is 5.38. The van der Waals surface area contributed by atoms with Crippen molar-refractivity contribution < 1.29 is 4.74 Å². The Morgan fingerprint density at radius 1 is 0.968 bits per heavy atom. The molecule has 31 heavy (non-hydrogen) atoms. The van der Waals surface area contributed by atoms with Crippen LogP contribution in [0.25, 0.3) is 11.3 Å². The summed E-state index contributed by atoms with van der Waals surface area (Å²) in [6, 6.07) is 19.0. The highest BCUT2D eigenvalue weighted by Gasteiger charge is 2.12. The zero-order chi connectivity index (χ0) is 22.2. The summed E-state index contributed by atoms with van der Waals surface area (Å²) in [7, 11) is 1.70. The Kier molecular flexibility index (Phi) is 7.94. The highest BCUT2D eigenvalue weighted by Crippen LogP contribution is 2.27. The third-order valence-electron chi connectivity index (χ3n) is 5.52. The number of anilines is 1. The van der Waals surface area contributed by atoms with Gasteiger partial charge in [0.05, 0.1) is 12.8 Å². The molecule has 0 radical (unpaired) electrons. The van der Waals surface area contributed by atoms with Crippen LogP contribution in [0.4, 0.5) is 11.4 Å². The van der Waals surface area contributed by atoms with Gasteiger partial charge in [0.1, 0.15) is 5.75 Å². The van der Waals surface area contributed by atoms with Crippen LogP contribution in [-0.4, -0.2) is 30.9 Å². The number of methoxy groups -OCH3 is 1. The van der Waals surface area contributed by atoms with Crippen LogP contribution in [-0.2, 0) is 6.42 Å². The SMILES string of the molecule is CCCN(CCC)c1ccc(N=C(C)c2cc(-c3cccc(OC)c3)[nH]c2CC)cc1. The number of aryl methyl sites for hydroxylation is 1. The first kappa shape index (κ1) is 22.7. The summed E-state index contributed by atoms with van der Waals surface area (Å²) in [5, 5.41) is 0. The molecule has 2 aromatic carbocycles. The Labute approximate surface area is 187 Å². The maximum atomic E-state index is 5.38. The smallest absolute Gasteiger partial charge is 0.119 e. The van der Waals surface area contributed by atoms with Gasteiger partial charge in [-0.3, -0.25) is 4.99 Å². The van der Waals surface area contributed by atoms with Crippen molar-refractivity contribution in [2.75, 3.05) is 25.1 Å². The fourth-order valence-electron chi connectivity index (χ4n) is 3.95.